The second kappa shape index (κ2) is 7.40. The molecule has 2 rings (SSSR count). The standard InChI is InChI=1S/C14H19F3N6/c1-19-7-9(6-18)12-11(14(15,16)17)8-21-13(23-12)22-10-2-4-20-5-3-10/h6-8,10,20H,2-5,18H2,1H3,(H,21,22,23)/b9-6+,19-7?. The second-order valence-corrected chi connectivity index (χ2v) is 5.13. The first-order valence-corrected chi connectivity index (χ1v) is 7.21. The van der Waals surface area contributed by atoms with Crippen LogP contribution < -0.4 is 16.4 Å². The van der Waals surface area contributed by atoms with Gasteiger partial charge in [0.25, 0.3) is 0 Å². The molecule has 126 valence electrons. The molecule has 1 aromatic rings. The fourth-order valence-electron chi connectivity index (χ4n) is 2.35. The molecule has 0 amide bonds. The molecule has 1 fully saturated rings. The Hall–Kier alpha value is -2.16. The van der Waals surface area contributed by atoms with Crippen LogP contribution in [0.2, 0.25) is 0 Å². The molecule has 1 aliphatic heterocycles. The van der Waals surface area contributed by atoms with Crippen molar-refractivity contribution < 1.29 is 13.2 Å². The van der Waals surface area contributed by atoms with E-state index in [1.54, 1.807) is 0 Å². The number of hydrogen-bond acceptors (Lipinski definition) is 6. The van der Waals surface area contributed by atoms with Gasteiger partial charge in [-0.2, -0.15) is 13.2 Å². The summed E-state index contributed by atoms with van der Waals surface area (Å²) in [4.78, 5) is 11.5. The van der Waals surface area contributed by atoms with Crippen molar-refractivity contribution in [2.24, 2.45) is 10.7 Å². The summed E-state index contributed by atoms with van der Waals surface area (Å²) >= 11 is 0. The van der Waals surface area contributed by atoms with Gasteiger partial charge in [-0.3, -0.25) is 4.99 Å². The lowest BCUT2D eigenvalue weighted by atomic mass is 10.1. The smallest absolute Gasteiger partial charge is 0.404 e. The minimum absolute atomic E-state index is 0.0931. The van der Waals surface area contributed by atoms with Crippen molar-refractivity contribution in [3.05, 3.63) is 23.7 Å². The zero-order chi connectivity index (χ0) is 16.9. The van der Waals surface area contributed by atoms with Crippen molar-refractivity contribution in [1.82, 2.24) is 15.3 Å². The number of aromatic nitrogens is 2. The van der Waals surface area contributed by atoms with E-state index in [2.05, 4.69) is 25.6 Å². The number of nitrogens with one attached hydrogen (secondary N) is 2. The summed E-state index contributed by atoms with van der Waals surface area (Å²) in [5.74, 6) is 0.156. The Morgan fingerprint density at radius 1 is 1.43 bits per heavy atom. The van der Waals surface area contributed by atoms with E-state index in [1.807, 2.05) is 0 Å². The molecule has 0 aromatic carbocycles. The van der Waals surface area contributed by atoms with E-state index >= 15 is 0 Å². The summed E-state index contributed by atoms with van der Waals surface area (Å²) in [5, 5.41) is 6.29. The monoisotopic (exact) mass is 328 g/mol. The van der Waals surface area contributed by atoms with Crippen LogP contribution in [0.3, 0.4) is 0 Å². The number of halogens is 3. The average Bonchev–Trinajstić information content (AvgIpc) is 2.52. The lowest BCUT2D eigenvalue weighted by Crippen LogP contribution is -2.35. The number of anilines is 1. The fraction of sp³-hybridized carbons (Fsp3) is 0.500. The number of rotatable bonds is 4. The van der Waals surface area contributed by atoms with Crippen LogP contribution in [0, 0.1) is 0 Å². The fourth-order valence-corrected chi connectivity index (χ4v) is 2.35. The molecule has 4 N–H and O–H groups in total. The van der Waals surface area contributed by atoms with Crippen LogP contribution in [0.4, 0.5) is 19.1 Å². The number of piperidine rings is 1. The Morgan fingerprint density at radius 2 is 2.13 bits per heavy atom. The van der Waals surface area contributed by atoms with Crippen LogP contribution in [0.25, 0.3) is 5.57 Å². The molecule has 2 heterocycles. The Labute approximate surface area is 132 Å². The summed E-state index contributed by atoms with van der Waals surface area (Å²) in [6, 6.07) is 0.131. The highest BCUT2D eigenvalue weighted by molar-refractivity contribution is 6.09. The van der Waals surface area contributed by atoms with Crippen molar-refractivity contribution in [1.29, 1.82) is 0 Å². The SMILES string of the molecule is CN=C/C(=C\N)c1nc(NC2CCNCC2)ncc1C(F)(F)F. The first-order valence-electron chi connectivity index (χ1n) is 7.21. The molecule has 0 bridgehead atoms. The zero-order valence-electron chi connectivity index (χ0n) is 12.7. The minimum Gasteiger partial charge on any atom is -0.404 e. The highest BCUT2D eigenvalue weighted by Crippen LogP contribution is 2.33. The lowest BCUT2D eigenvalue weighted by molar-refractivity contribution is -0.138. The molecule has 0 radical (unpaired) electrons. The van der Waals surface area contributed by atoms with Crippen LogP contribution in [0.1, 0.15) is 24.1 Å². The average molecular weight is 328 g/mol. The third kappa shape index (κ3) is 4.41. The molecule has 0 unspecified atom stereocenters. The molecule has 23 heavy (non-hydrogen) atoms. The molecule has 0 aliphatic carbocycles. The maximum atomic E-state index is 13.2. The van der Waals surface area contributed by atoms with Crippen molar-refractivity contribution in [3.63, 3.8) is 0 Å². The number of alkyl halides is 3. The van der Waals surface area contributed by atoms with Gasteiger partial charge in [0.05, 0.1) is 5.69 Å². The quantitative estimate of drug-likeness (QED) is 0.732. The van der Waals surface area contributed by atoms with Gasteiger partial charge in [0.1, 0.15) is 5.56 Å². The second-order valence-electron chi connectivity index (χ2n) is 5.13. The number of nitrogens with zero attached hydrogens (tertiary/aromatic N) is 3. The Bertz CT molecular complexity index is 591. The van der Waals surface area contributed by atoms with Crippen LogP contribution in [0.15, 0.2) is 17.4 Å². The van der Waals surface area contributed by atoms with Gasteiger partial charge in [0, 0.05) is 37.3 Å². The van der Waals surface area contributed by atoms with Crippen molar-refractivity contribution >= 4 is 17.7 Å². The molecule has 0 spiro atoms. The van der Waals surface area contributed by atoms with E-state index in [4.69, 9.17) is 5.73 Å². The number of hydrogen-bond donors (Lipinski definition) is 3. The molecular formula is C14H19F3N6. The van der Waals surface area contributed by atoms with Gasteiger partial charge < -0.3 is 16.4 Å². The van der Waals surface area contributed by atoms with Crippen LogP contribution >= 0.6 is 0 Å². The third-order valence-corrected chi connectivity index (χ3v) is 3.49. The first kappa shape index (κ1) is 17.2. The van der Waals surface area contributed by atoms with E-state index in [0.29, 0.717) is 0 Å². The van der Waals surface area contributed by atoms with Gasteiger partial charge in [-0.25, -0.2) is 9.97 Å². The van der Waals surface area contributed by atoms with E-state index in [-0.39, 0.29) is 23.3 Å². The number of nitrogens with two attached hydrogens (primary N) is 1. The summed E-state index contributed by atoms with van der Waals surface area (Å²) in [6.07, 6.45) is 0.216. The third-order valence-electron chi connectivity index (χ3n) is 3.49. The molecule has 1 aliphatic rings. The predicted molar refractivity (Wildman–Crippen MR) is 83.1 cm³/mol. The van der Waals surface area contributed by atoms with E-state index < -0.39 is 11.7 Å². The van der Waals surface area contributed by atoms with Gasteiger partial charge in [0.15, 0.2) is 0 Å². The van der Waals surface area contributed by atoms with Crippen molar-refractivity contribution in [2.75, 3.05) is 25.5 Å². The summed E-state index contributed by atoms with van der Waals surface area (Å²) in [5.41, 5.74) is 4.30. The molecule has 1 saturated heterocycles. The minimum atomic E-state index is -4.57. The molecule has 0 atom stereocenters. The Morgan fingerprint density at radius 3 is 2.70 bits per heavy atom. The van der Waals surface area contributed by atoms with Crippen LogP contribution in [0.5, 0.6) is 0 Å². The largest absolute Gasteiger partial charge is 0.419 e. The molecule has 1 aromatic heterocycles. The van der Waals surface area contributed by atoms with Gasteiger partial charge in [0.2, 0.25) is 5.95 Å². The molecule has 9 heteroatoms. The Balaban J connectivity index is 2.36. The topological polar surface area (TPSA) is 88.2 Å². The van der Waals surface area contributed by atoms with Crippen LogP contribution in [-0.4, -0.2) is 42.4 Å². The first-order chi connectivity index (χ1) is 11.0. The number of aliphatic imine (C=N–C) groups is 1. The Kier molecular flexibility index (Phi) is 5.54. The van der Waals surface area contributed by atoms with E-state index in [1.165, 1.54) is 13.3 Å². The van der Waals surface area contributed by atoms with Crippen molar-refractivity contribution in [3.8, 4) is 0 Å². The highest BCUT2D eigenvalue weighted by atomic mass is 19.4. The summed E-state index contributed by atoms with van der Waals surface area (Å²) in [6.45, 7) is 1.70. The van der Waals surface area contributed by atoms with Gasteiger partial charge in [-0.05, 0) is 25.9 Å². The van der Waals surface area contributed by atoms with E-state index in [0.717, 1.165) is 38.3 Å². The summed E-state index contributed by atoms with van der Waals surface area (Å²) in [7, 11) is 1.45. The van der Waals surface area contributed by atoms with Gasteiger partial charge >= 0.3 is 6.18 Å². The molecule has 6 nitrogen and oxygen atoms in total. The highest BCUT2D eigenvalue weighted by Gasteiger charge is 2.36. The van der Waals surface area contributed by atoms with Crippen LogP contribution in [-0.2, 0) is 6.18 Å². The predicted octanol–water partition coefficient (Wildman–Crippen LogP) is 1.66. The number of allylic oxidation sites excluding steroid dienone is 1. The van der Waals surface area contributed by atoms with E-state index in [9.17, 15) is 13.2 Å². The normalized spacial score (nSPS) is 17.7. The maximum absolute atomic E-state index is 13.2. The molecule has 0 saturated carbocycles. The van der Waals surface area contributed by atoms with Gasteiger partial charge in [-0.15, -0.1) is 0 Å². The van der Waals surface area contributed by atoms with Gasteiger partial charge in [-0.1, -0.05) is 0 Å². The zero-order valence-corrected chi connectivity index (χ0v) is 12.7. The summed E-state index contributed by atoms with van der Waals surface area (Å²) < 4.78 is 39.5. The molecular weight excluding hydrogens is 309 g/mol. The maximum Gasteiger partial charge on any atom is 0.419 e. The van der Waals surface area contributed by atoms with Crippen molar-refractivity contribution in [2.45, 2.75) is 25.1 Å². The lowest BCUT2D eigenvalue weighted by Gasteiger charge is -2.24.